The van der Waals surface area contributed by atoms with Gasteiger partial charge in [-0.1, -0.05) is 60.0 Å². The van der Waals surface area contributed by atoms with Gasteiger partial charge in [0.1, 0.15) is 28.4 Å². The van der Waals surface area contributed by atoms with Crippen molar-refractivity contribution in [3.05, 3.63) is 86.6 Å². The molecule has 6 amide bonds. The van der Waals surface area contributed by atoms with Crippen LogP contribution in [0.4, 0.5) is 22.5 Å². The van der Waals surface area contributed by atoms with Crippen molar-refractivity contribution in [1.82, 2.24) is 30.1 Å². The van der Waals surface area contributed by atoms with Crippen LogP contribution in [0.25, 0.3) is 0 Å². The highest BCUT2D eigenvalue weighted by molar-refractivity contribution is 7.17. The SMILES string of the molecule is Cc1nc(Nc2ncc(C(=O)Nc3c(C)cccc3Cl)s2)cc(N2CCN(C(=O)CCCCCCc3cccc4c3C(=O)N(C3CCC(=O)NC3=O)C4=O)CC2)n1. The lowest BCUT2D eigenvalue weighted by atomic mass is 9.97. The Morgan fingerprint density at radius 1 is 0.947 bits per heavy atom. The van der Waals surface area contributed by atoms with Crippen LogP contribution in [0.3, 0.4) is 0 Å². The predicted molar refractivity (Wildman–Crippen MR) is 215 cm³/mol. The lowest BCUT2D eigenvalue weighted by Crippen LogP contribution is -2.54. The van der Waals surface area contributed by atoms with Gasteiger partial charge in [0.05, 0.1) is 28.0 Å². The van der Waals surface area contributed by atoms with E-state index in [2.05, 4.69) is 35.8 Å². The van der Waals surface area contributed by atoms with Crippen LogP contribution in [0.1, 0.15) is 92.3 Å². The molecule has 2 aromatic carbocycles. The Balaban J connectivity index is 0.842. The second-order valence-electron chi connectivity index (χ2n) is 14.3. The van der Waals surface area contributed by atoms with Crippen molar-refractivity contribution in [2.24, 2.45) is 0 Å². The maximum atomic E-state index is 13.4. The zero-order valence-electron chi connectivity index (χ0n) is 31.6. The van der Waals surface area contributed by atoms with Crippen LogP contribution < -0.4 is 20.9 Å². The Hall–Kier alpha value is -5.74. The van der Waals surface area contributed by atoms with Crippen LogP contribution in [0, 0.1) is 13.8 Å². The number of carbonyl (C=O) groups is 6. The highest BCUT2D eigenvalue weighted by Crippen LogP contribution is 2.32. The fourth-order valence-corrected chi connectivity index (χ4v) is 8.36. The van der Waals surface area contributed by atoms with Crippen molar-refractivity contribution in [1.29, 1.82) is 0 Å². The van der Waals surface area contributed by atoms with Crippen LogP contribution >= 0.6 is 22.9 Å². The summed E-state index contributed by atoms with van der Waals surface area (Å²) in [5, 5.41) is 9.26. The summed E-state index contributed by atoms with van der Waals surface area (Å²) in [6, 6.07) is 11.5. The van der Waals surface area contributed by atoms with Gasteiger partial charge >= 0.3 is 0 Å². The lowest BCUT2D eigenvalue weighted by Gasteiger charge is -2.35. The molecule has 0 radical (unpaired) electrons. The quantitative estimate of drug-likeness (QED) is 0.115. The summed E-state index contributed by atoms with van der Waals surface area (Å²) in [5.74, 6) is -0.369. The van der Waals surface area contributed by atoms with Gasteiger partial charge in [0.2, 0.25) is 17.7 Å². The van der Waals surface area contributed by atoms with E-state index in [-0.39, 0.29) is 30.2 Å². The molecule has 0 saturated carbocycles. The number of piperazine rings is 1. The number of rotatable bonds is 13. The smallest absolute Gasteiger partial charge is 0.267 e. The molecule has 296 valence electrons. The maximum Gasteiger partial charge on any atom is 0.267 e. The number of nitrogens with zero attached hydrogens (tertiary/aromatic N) is 6. The average molecular weight is 812 g/mol. The van der Waals surface area contributed by atoms with Gasteiger partial charge in [0.25, 0.3) is 17.7 Å². The highest BCUT2D eigenvalue weighted by atomic mass is 35.5. The van der Waals surface area contributed by atoms with Gasteiger partial charge in [-0.2, -0.15) is 0 Å². The monoisotopic (exact) mass is 811 g/mol. The van der Waals surface area contributed by atoms with E-state index in [1.807, 2.05) is 43.0 Å². The largest absolute Gasteiger partial charge is 0.353 e. The number of hydrogen-bond acceptors (Lipinski definition) is 12. The summed E-state index contributed by atoms with van der Waals surface area (Å²) in [6.07, 6.45) is 5.95. The molecule has 2 fully saturated rings. The first-order chi connectivity index (χ1) is 27.5. The van der Waals surface area contributed by atoms with E-state index in [4.69, 9.17) is 11.6 Å². The molecule has 1 atom stereocenters. The molecule has 7 rings (SSSR count). The van der Waals surface area contributed by atoms with Crippen molar-refractivity contribution < 1.29 is 28.8 Å². The first-order valence-corrected chi connectivity index (χ1v) is 20.2. The molecule has 1 unspecified atom stereocenters. The molecule has 15 nitrogen and oxygen atoms in total. The Kier molecular flexibility index (Phi) is 11.9. The number of amides is 6. The van der Waals surface area contributed by atoms with Gasteiger partial charge < -0.3 is 20.4 Å². The van der Waals surface area contributed by atoms with Crippen molar-refractivity contribution >= 4 is 80.8 Å². The molecule has 4 aromatic rings. The van der Waals surface area contributed by atoms with Crippen LogP contribution in [0.15, 0.2) is 48.7 Å². The van der Waals surface area contributed by atoms with E-state index in [0.29, 0.717) is 76.9 Å². The number of benzene rings is 2. The van der Waals surface area contributed by atoms with Crippen LogP contribution in [-0.2, 0) is 20.8 Å². The minimum atomic E-state index is -0.992. The first-order valence-electron chi connectivity index (χ1n) is 19.0. The second kappa shape index (κ2) is 17.2. The number of hydrogen-bond donors (Lipinski definition) is 3. The summed E-state index contributed by atoms with van der Waals surface area (Å²) in [7, 11) is 0. The number of nitrogens with one attached hydrogen (secondary N) is 3. The third-order valence-electron chi connectivity index (χ3n) is 10.3. The van der Waals surface area contributed by atoms with Crippen molar-refractivity contribution in [3.63, 3.8) is 0 Å². The molecule has 2 saturated heterocycles. The molecule has 0 bridgehead atoms. The van der Waals surface area contributed by atoms with E-state index in [9.17, 15) is 28.8 Å². The maximum absolute atomic E-state index is 13.4. The van der Waals surface area contributed by atoms with Gasteiger partial charge in [0.15, 0.2) is 5.13 Å². The number of piperidine rings is 1. The third kappa shape index (κ3) is 8.81. The van der Waals surface area contributed by atoms with Crippen LogP contribution in [0.2, 0.25) is 5.02 Å². The molecule has 5 heterocycles. The van der Waals surface area contributed by atoms with Gasteiger partial charge in [-0.3, -0.25) is 39.0 Å². The standard InChI is InChI=1S/C40H42ClN9O6S/c1-23-9-7-13-27(41)35(23)47-37(54)29-22-42-40(57-29)45-30-21-31(44-24(2)43-30)48-17-19-49(20-18-48)33(52)14-6-4-3-5-10-25-11-8-12-26-34(25)39(56)50(38(26)55)28-15-16-32(51)46-36(28)53/h7-9,11-13,21-22,28H,3-6,10,14-20H2,1-2H3,(H,47,54)(H,46,51,53)(H,42,43,44,45). The fourth-order valence-electron chi connectivity index (χ4n) is 7.37. The highest BCUT2D eigenvalue weighted by Gasteiger charge is 2.45. The number of anilines is 4. The van der Waals surface area contributed by atoms with Crippen molar-refractivity contribution in [2.45, 2.75) is 71.3 Å². The minimum Gasteiger partial charge on any atom is -0.353 e. The minimum absolute atomic E-state index is 0.0747. The van der Waals surface area contributed by atoms with Crippen molar-refractivity contribution in [2.75, 3.05) is 41.7 Å². The number of halogens is 1. The second-order valence-corrected chi connectivity index (χ2v) is 15.7. The molecule has 3 N–H and O–H groups in total. The normalized spacial score (nSPS) is 16.8. The molecular formula is C40H42ClN9O6S. The molecule has 17 heteroatoms. The third-order valence-corrected chi connectivity index (χ3v) is 11.6. The molecule has 3 aliphatic rings. The van der Waals surface area contributed by atoms with E-state index in [0.717, 1.165) is 47.5 Å². The molecule has 3 aliphatic heterocycles. The summed E-state index contributed by atoms with van der Waals surface area (Å²) in [6.45, 7) is 6.07. The fraction of sp³-hybridized carbons (Fsp3) is 0.375. The summed E-state index contributed by atoms with van der Waals surface area (Å²) in [5.41, 5.74) is 2.81. The molecular weight excluding hydrogens is 770 g/mol. The number of para-hydroxylation sites is 1. The van der Waals surface area contributed by atoms with Crippen LogP contribution in [0.5, 0.6) is 0 Å². The Morgan fingerprint density at radius 3 is 2.49 bits per heavy atom. The zero-order valence-corrected chi connectivity index (χ0v) is 33.2. The predicted octanol–water partition coefficient (Wildman–Crippen LogP) is 5.44. The number of carbonyl (C=O) groups excluding carboxylic acids is 6. The Bertz CT molecular complexity index is 2240. The van der Waals surface area contributed by atoms with Gasteiger partial charge in [-0.25, -0.2) is 15.0 Å². The number of thiazole rings is 1. The van der Waals surface area contributed by atoms with Gasteiger partial charge in [0, 0.05) is 45.1 Å². The van der Waals surface area contributed by atoms with Gasteiger partial charge in [-0.15, -0.1) is 0 Å². The molecule has 2 aromatic heterocycles. The van der Waals surface area contributed by atoms with Gasteiger partial charge in [-0.05, 0) is 62.8 Å². The van der Waals surface area contributed by atoms with E-state index < -0.39 is 29.7 Å². The topological polar surface area (TPSA) is 187 Å². The Labute approximate surface area is 338 Å². The number of imide groups is 2. The number of aryl methyl sites for hydroxylation is 3. The lowest BCUT2D eigenvalue weighted by molar-refractivity contribution is -0.136. The average Bonchev–Trinajstić information content (AvgIpc) is 3.76. The number of aromatic nitrogens is 3. The summed E-state index contributed by atoms with van der Waals surface area (Å²) >= 11 is 7.48. The molecule has 57 heavy (non-hydrogen) atoms. The summed E-state index contributed by atoms with van der Waals surface area (Å²) < 4.78 is 0. The summed E-state index contributed by atoms with van der Waals surface area (Å²) in [4.78, 5) is 95.5. The Morgan fingerprint density at radius 2 is 1.72 bits per heavy atom. The van der Waals surface area contributed by atoms with E-state index in [1.54, 1.807) is 18.2 Å². The van der Waals surface area contributed by atoms with Crippen molar-refractivity contribution in [3.8, 4) is 0 Å². The first kappa shape index (κ1) is 39.5. The zero-order chi connectivity index (χ0) is 40.2. The van der Waals surface area contributed by atoms with E-state index in [1.165, 1.54) is 17.5 Å². The molecule has 0 spiro atoms. The number of unbranched alkanes of at least 4 members (excludes halogenated alkanes) is 3. The molecule has 0 aliphatic carbocycles. The number of fused-ring (bicyclic) bond motifs is 1. The van der Waals surface area contributed by atoms with E-state index >= 15 is 0 Å². The van der Waals surface area contributed by atoms with Crippen LogP contribution in [-0.4, -0.2) is 92.4 Å².